The van der Waals surface area contributed by atoms with Crippen molar-refractivity contribution in [1.29, 1.82) is 0 Å². The molecule has 0 fully saturated rings. The first-order valence-electron chi connectivity index (χ1n) is 4.06. The molecular formula is C9H11NO2. The lowest BCUT2D eigenvalue weighted by molar-refractivity contribution is 0.110. The van der Waals surface area contributed by atoms with Crippen molar-refractivity contribution in [3.63, 3.8) is 0 Å². The standard InChI is InChI=1S/C9H11NO2/c1-6-2-3-8-9(10-6)7(11)4-5-12-8/h2-3,7,11H,4-5H2,1H3. The Morgan fingerprint density at radius 1 is 1.58 bits per heavy atom. The predicted octanol–water partition coefficient (Wildman–Crippen LogP) is 1.21. The highest BCUT2D eigenvalue weighted by Gasteiger charge is 2.20. The third-order valence-electron chi connectivity index (χ3n) is 1.99. The van der Waals surface area contributed by atoms with Crippen molar-refractivity contribution in [2.45, 2.75) is 19.4 Å². The second-order valence-electron chi connectivity index (χ2n) is 2.99. The summed E-state index contributed by atoms with van der Waals surface area (Å²) in [6, 6.07) is 3.75. The average molecular weight is 165 g/mol. The van der Waals surface area contributed by atoms with Gasteiger partial charge in [-0.2, -0.15) is 0 Å². The predicted molar refractivity (Wildman–Crippen MR) is 44.0 cm³/mol. The molecule has 1 aliphatic rings. The molecule has 0 spiro atoms. The van der Waals surface area contributed by atoms with Crippen LogP contribution in [0.4, 0.5) is 0 Å². The first kappa shape index (κ1) is 7.55. The SMILES string of the molecule is Cc1ccc2c(n1)C(O)CCO2. The molecule has 0 saturated carbocycles. The maximum absolute atomic E-state index is 9.54. The van der Waals surface area contributed by atoms with Gasteiger partial charge in [0.15, 0.2) is 0 Å². The van der Waals surface area contributed by atoms with Crippen LogP contribution in [0.25, 0.3) is 0 Å². The molecule has 1 aromatic rings. The number of aromatic nitrogens is 1. The van der Waals surface area contributed by atoms with Gasteiger partial charge in [0.05, 0.1) is 6.61 Å². The van der Waals surface area contributed by atoms with Gasteiger partial charge in [-0.3, -0.25) is 4.98 Å². The number of fused-ring (bicyclic) bond motifs is 1. The van der Waals surface area contributed by atoms with E-state index in [1.165, 1.54) is 0 Å². The van der Waals surface area contributed by atoms with E-state index in [1.807, 2.05) is 19.1 Å². The summed E-state index contributed by atoms with van der Waals surface area (Å²) in [5.41, 5.74) is 1.60. The molecule has 0 bridgehead atoms. The van der Waals surface area contributed by atoms with Gasteiger partial charge in [-0.25, -0.2) is 0 Å². The van der Waals surface area contributed by atoms with Crippen LogP contribution in [-0.2, 0) is 0 Å². The van der Waals surface area contributed by atoms with Crippen molar-refractivity contribution >= 4 is 0 Å². The number of pyridine rings is 1. The third-order valence-corrected chi connectivity index (χ3v) is 1.99. The summed E-state index contributed by atoms with van der Waals surface area (Å²) < 4.78 is 5.33. The summed E-state index contributed by atoms with van der Waals surface area (Å²) >= 11 is 0. The van der Waals surface area contributed by atoms with E-state index < -0.39 is 6.10 Å². The lowest BCUT2D eigenvalue weighted by Crippen LogP contribution is -2.15. The first-order valence-corrected chi connectivity index (χ1v) is 4.06. The van der Waals surface area contributed by atoms with Gasteiger partial charge < -0.3 is 9.84 Å². The van der Waals surface area contributed by atoms with Gasteiger partial charge in [0, 0.05) is 12.1 Å². The van der Waals surface area contributed by atoms with Crippen LogP contribution in [-0.4, -0.2) is 16.7 Å². The van der Waals surface area contributed by atoms with Gasteiger partial charge in [-0.15, -0.1) is 0 Å². The second kappa shape index (κ2) is 2.75. The molecule has 0 amide bonds. The second-order valence-corrected chi connectivity index (χ2v) is 2.99. The minimum atomic E-state index is -0.450. The van der Waals surface area contributed by atoms with E-state index in [2.05, 4.69) is 4.98 Å². The monoisotopic (exact) mass is 165 g/mol. The highest BCUT2D eigenvalue weighted by atomic mass is 16.5. The summed E-state index contributed by atoms with van der Waals surface area (Å²) in [6.07, 6.45) is 0.192. The van der Waals surface area contributed by atoms with E-state index in [0.29, 0.717) is 18.7 Å². The van der Waals surface area contributed by atoms with Crippen LogP contribution >= 0.6 is 0 Å². The Bertz CT molecular complexity index is 299. The fourth-order valence-electron chi connectivity index (χ4n) is 1.34. The van der Waals surface area contributed by atoms with Crippen LogP contribution in [0.5, 0.6) is 5.75 Å². The Kier molecular flexibility index (Phi) is 1.73. The number of aryl methyl sites for hydroxylation is 1. The van der Waals surface area contributed by atoms with Gasteiger partial charge in [-0.05, 0) is 19.1 Å². The molecule has 0 aromatic carbocycles. The van der Waals surface area contributed by atoms with Crippen molar-refractivity contribution in [1.82, 2.24) is 4.98 Å². The molecular weight excluding hydrogens is 154 g/mol. The van der Waals surface area contributed by atoms with Crippen LogP contribution in [0.3, 0.4) is 0 Å². The summed E-state index contributed by atoms with van der Waals surface area (Å²) in [5, 5.41) is 9.54. The van der Waals surface area contributed by atoms with Crippen LogP contribution in [0.1, 0.15) is 23.9 Å². The fraction of sp³-hybridized carbons (Fsp3) is 0.444. The Morgan fingerprint density at radius 3 is 3.25 bits per heavy atom. The molecule has 64 valence electrons. The molecule has 1 aliphatic heterocycles. The molecule has 2 rings (SSSR count). The molecule has 1 aromatic heterocycles. The van der Waals surface area contributed by atoms with E-state index >= 15 is 0 Å². The molecule has 2 heterocycles. The van der Waals surface area contributed by atoms with Gasteiger partial charge in [-0.1, -0.05) is 0 Å². The molecule has 12 heavy (non-hydrogen) atoms. The number of aliphatic hydroxyl groups excluding tert-OH is 1. The number of rotatable bonds is 0. The van der Waals surface area contributed by atoms with Crippen molar-refractivity contribution in [3.8, 4) is 5.75 Å². The number of hydrogen-bond acceptors (Lipinski definition) is 3. The number of nitrogens with zero attached hydrogens (tertiary/aromatic N) is 1. The summed E-state index contributed by atoms with van der Waals surface area (Å²) in [6.45, 7) is 2.49. The summed E-state index contributed by atoms with van der Waals surface area (Å²) in [7, 11) is 0. The molecule has 3 nitrogen and oxygen atoms in total. The minimum Gasteiger partial charge on any atom is -0.491 e. The zero-order valence-corrected chi connectivity index (χ0v) is 6.95. The molecule has 0 aliphatic carbocycles. The third kappa shape index (κ3) is 1.16. The van der Waals surface area contributed by atoms with Crippen LogP contribution in [0.2, 0.25) is 0 Å². The largest absolute Gasteiger partial charge is 0.491 e. The normalized spacial score (nSPS) is 21.3. The topological polar surface area (TPSA) is 42.4 Å². The number of hydrogen-bond donors (Lipinski definition) is 1. The Morgan fingerprint density at radius 2 is 2.42 bits per heavy atom. The Balaban J connectivity index is 2.47. The van der Waals surface area contributed by atoms with Crippen molar-refractivity contribution in [2.24, 2.45) is 0 Å². The minimum absolute atomic E-state index is 0.450. The lowest BCUT2D eigenvalue weighted by atomic mass is 10.1. The quantitative estimate of drug-likeness (QED) is 0.628. The van der Waals surface area contributed by atoms with Gasteiger partial charge >= 0.3 is 0 Å². The van der Waals surface area contributed by atoms with Crippen molar-refractivity contribution in [2.75, 3.05) is 6.61 Å². The van der Waals surface area contributed by atoms with Gasteiger partial charge in [0.2, 0.25) is 0 Å². The zero-order valence-electron chi connectivity index (χ0n) is 6.95. The highest BCUT2D eigenvalue weighted by Crippen LogP contribution is 2.29. The van der Waals surface area contributed by atoms with E-state index in [4.69, 9.17) is 4.74 Å². The van der Waals surface area contributed by atoms with Crippen LogP contribution in [0, 0.1) is 6.92 Å². The van der Waals surface area contributed by atoms with Crippen molar-refractivity contribution < 1.29 is 9.84 Å². The first-order chi connectivity index (χ1) is 5.77. The smallest absolute Gasteiger partial charge is 0.143 e. The maximum Gasteiger partial charge on any atom is 0.143 e. The molecule has 1 N–H and O–H groups in total. The van der Waals surface area contributed by atoms with Gasteiger partial charge in [0.25, 0.3) is 0 Å². The van der Waals surface area contributed by atoms with Crippen LogP contribution < -0.4 is 4.74 Å². The Labute approximate surface area is 71.0 Å². The summed E-state index contributed by atoms with van der Waals surface area (Å²) in [5.74, 6) is 0.722. The van der Waals surface area contributed by atoms with E-state index in [1.54, 1.807) is 0 Å². The molecule has 1 unspecified atom stereocenters. The fourth-order valence-corrected chi connectivity index (χ4v) is 1.34. The van der Waals surface area contributed by atoms with Crippen LogP contribution in [0.15, 0.2) is 12.1 Å². The molecule has 0 saturated heterocycles. The van der Waals surface area contributed by atoms with E-state index in [0.717, 1.165) is 11.4 Å². The van der Waals surface area contributed by atoms with E-state index in [-0.39, 0.29) is 0 Å². The summed E-state index contributed by atoms with van der Waals surface area (Å²) in [4.78, 5) is 4.22. The zero-order chi connectivity index (χ0) is 8.55. The molecule has 0 radical (unpaired) electrons. The van der Waals surface area contributed by atoms with Gasteiger partial charge in [0.1, 0.15) is 17.5 Å². The average Bonchev–Trinajstić information content (AvgIpc) is 2.07. The molecule has 1 atom stereocenters. The highest BCUT2D eigenvalue weighted by molar-refractivity contribution is 5.32. The maximum atomic E-state index is 9.54. The molecule has 3 heteroatoms. The lowest BCUT2D eigenvalue weighted by Gasteiger charge is -2.20. The number of aliphatic hydroxyl groups is 1. The Hall–Kier alpha value is -1.09. The van der Waals surface area contributed by atoms with E-state index in [9.17, 15) is 5.11 Å². The number of ether oxygens (including phenoxy) is 1. The van der Waals surface area contributed by atoms with Crippen molar-refractivity contribution in [3.05, 3.63) is 23.5 Å².